The Hall–Kier alpha value is -3.09. The topological polar surface area (TPSA) is 59.4 Å². The lowest BCUT2D eigenvalue weighted by molar-refractivity contribution is -0.136. The van der Waals surface area contributed by atoms with E-state index < -0.39 is 23.3 Å². The number of benzene rings is 2. The van der Waals surface area contributed by atoms with Gasteiger partial charge in [0.15, 0.2) is 5.75 Å². The van der Waals surface area contributed by atoms with Gasteiger partial charge in [0.2, 0.25) is 0 Å². The molecule has 0 atom stereocenters. The molecule has 0 aliphatic rings. The average molecular weight is 347 g/mol. The van der Waals surface area contributed by atoms with Crippen LogP contribution in [0.25, 0.3) is 10.9 Å². The van der Waals surface area contributed by atoms with Crippen molar-refractivity contribution in [3.05, 3.63) is 65.4 Å². The molecule has 1 N–H and O–H groups in total. The summed E-state index contributed by atoms with van der Waals surface area (Å²) in [5.41, 5.74) is -1.18. The van der Waals surface area contributed by atoms with Crippen molar-refractivity contribution in [2.45, 2.75) is 13.1 Å². The highest BCUT2D eigenvalue weighted by Crippen LogP contribution is 2.39. The standard InChI is InChI=1S/C18H12F3NO3/c1-10-5-7-11(8-6-10)25-14-4-2-3-12-15(18(19,20)21)13(17(23)24)9-22-16(12)14/h2-9H,1H3,(H,23,24). The molecule has 0 amide bonds. The number of rotatable bonds is 3. The second-order valence-electron chi connectivity index (χ2n) is 5.42. The van der Waals surface area contributed by atoms with Crippen molar-refractivity contribution < 1.29 is 27.8 Å². The number of para-hydroxylation sites is 1. The Labute approximate surface area is 140 Å². The van der Waals surface area contributed by atoms with E-state index in [0.717, 1.165) is 5.56 Å². The Bertz CT molecular complexity index is 950. The van der Waals surface area contributed by atoms with Gasteiger partial charge in [0.25, 0.3) is 0 Å². The third-order valence-electron chi connectivity index (χ3n) is 3.62. The van der Waals surface area contributed by atoms with Crippen molar-refractivity contribution in [3.63, 3.8) is 0 Å². The van der Waals surface area contributed by atoms with Crippen LogP contribution in [0, 0.1) is 6.92 Å². The largest absolute Gasteiger partial charge is 0.478 e. The van der Waals surface area contributed by atoms with Gasteiger partial charge in [-0.2, -0.15) is 13.2 Å². The highest BCUT2D eigenvalue weighted by atomic mass is 19.4. The minimum Gasteiger partial charge on any atom is -0.478 e. The number of hydrogen-bond donors (Lipinski definition) is 1. The molecule has 0 saturated carbocycles. The van der Waals surface area contributed by atoms with Gasteiger partial charge in [-0.15, -0.1) is 0 Å². The number of fused-ring (bicyclic) bond motifs is 1. The summed E-state index contributed by atoms with van der Waals surface area (Å²) < 4.78 is 45.9. The molecule has 0 aliphatic carbocycles. The maximum atomic E-state index is 13.4. The number of hydrogen-bond acceptors (Lipinski definition) is 3. The van der Waals surface area contributed by atoms with Crippen LogP contribution in [-0.2, 0) is 6.18 Å². The molecule has 7 heteroatoms. The third kappa shape index (κ3) is 3.26. The fourth-order valence-electron chi connectivity index (χ4n) is 2.48. The maximum Gasteiger partial charge on any atom is 0.417 e. The Balaban J connectivity index is 2.19. The van der Waals surface area contributed by atoms with Crippen LogP contribution in [0.2, 0.25) is 0 Å². The molecule has 0 saturated heterocycles. The van der Waals surface area contributed by atoms with Crippen LogP contribution in [0.5, 0.6) is 11.5 Å². The monoisotopic (exact) mass is 347 g/mol. The van der Waals surface area contributed by atoms with E-state index in [1.165, 1.54) is 18.2 Å². The van der Waals surface area contributed by atoms with E-state index in [1.807, 2.05) is 6.92 Å². The quantitative estimate of drug-likeness (QED) is 0.720. The van der Waals surface area contributed by atoms with Crippen molar-refractivity contribution in [2.75, 3.05) is 0 Å². The Kier molecular flexibility index (Phi) is 4.08. The molecule has 128 valence electrons. The van der Waals surface area contributed by atoms with Crippen molar-refractivity contribution in [1.82, 2.24) is 4.98 Å². The lowest BCUT2D eigenvalue weighted by Gasteiger charge is -2.15. The molecule has 1 aromatic heterocycles. The highest BCUT2D eigenvalue weighted by Gasteiger charge is 2.38. The number of nitrogens with zero attached hydrogens (tertiary/aromatic N) is 1. The molecule has 0 unspecified atom stereocenters. The number of ether oxygens (including phenoxy) is 1. The molecule has 4 nitrogen and oxygen atoms in total. The molecule has 0 spiro atoms. The summed E-state index contributed by atoms with van der Waals surface area (Å²) in [7, 11) is 0. The third-order valence-corrected chi connectivity index (χ3v) is 3.62. The number of aromatic nitrogens is 1. The van der Waals surface area contributed by atoms with E-state index in [4.69, 9.17) is 9.84 Å². The van der Waals surface area contributed by atoms with Gasteiger partial charge >= 0.3 is 12.1 Å². The van der Waals surface area contributed by atoms with Crippen LogP contribution in [0.15, 0.2) is 48.7 Å². The van der Waals surface area contributed by atoms with Gasteiger partial charge in [-0.1, -0.05) is 29.8 Å². The molecule has 0 fully saturated rings. The summed E-state index contributed by atoms with van der Waals surface area (Å²) in [5.74, 6) is -1.13. The van der Waals surface area contributed by atoms with Crippen LogP contribution < -0.4 is 4.74 Å². The minimum absolute atomic E-state index is 0.0552. The fraction of sp³-hybridized carbons (Fsp3) is 0.111. The van der Waals surface area contributed by atoms with E-state index in [0.29, 0.717) is 11.9 Å². The number of aromatic carboxylic acids is 1. The summed E-state index contributed by atoms with van der Waals surface area (Å²) in [4.78, 5) is 15.0. The van der Waals surface area contributed by atoms with Crippen molar-refractivity contribution >= 4 is 16.9 Å². The van der Waals surface area contributed by atoms with Crippen molar-refractivity contribution in [1.29, 1.82) is 0 Å². The summed E-state index contributed by atoms with van der Waals surface area (Å²) in [6, 6.07) is 11.0. The van der Waals surface area contributed by atoms with Crippen LogP contribution in [0.4, 0.5) is 13.2 Å². The number of alkyl halides is 3. The predicted octanol–water partition coefficient (Wildman–Crippen LogP) is 5.05. The zero-order chi connectivity index (χ0) is 18.2. The lowest BCUT2D eigenvalue weighted by atomic mass is 10.0. The molecule has 0 bridgehead atoms. The zero-order valence-electron chi connectivity index (χ0n) is 13.0. The maximum absolute atomic E-state index is 13.4. The van der Waals surface area contributed by atoms with Crippen LogP contribution in [-0.4, -0.2) is 16.1 Å². The van der Waals surface area contributed by atoms with Gasteiger partial charge < -0.3 is 9.84 Å². The van der Waals surface area contributed by atoms with Crippen LogP contribution in [0.3, 0.4) is 0 Å². The van der Waals surface area contributed by atoms with Gasteiger partial charge in [-0.3, -0.25) is 4.98 Å². The summed E-state index contributed by atoms with van der Waals surface area (Å²) >= 11 is 0. The minimum atomic E-state index is -4.84. The van der Waals surface area contributed by atoms with E-state index >= 15 is 0 Å². The Morgan fingerprint density at radius 3 is 2.40 bits per heavy atom. The van der Waals surface area contributed by atoms with Crippen LogP contribution >= 0.6 is 0 Å². The number of carboxylic acids is 1. The van der Waals surface area contributed by atoms with Gasteiger partial charge in [-0.25, -0.2) is 4.79 Å². The summed E-state index contributed by atoms with van der Waals surface area (Å²) in [6.45, 7) is 1.90. The highest BCUT2D eigenvalue weighted by molar-refractivity contribution is 5.98. The SMILES string of the molecule is Cc1ccc(Oc2cccc3c(C(F)(F)F)c(C(=O)O)cnc23)cc1. The number of carbonyl (C=O) groups is 1. The first-order chi connectivity index (χ1) is 11.8. The Morgan fingerprint density at radius 2 is 1.80 bits per heavy atom. The number of carboxylic acid groups (broad SMARTS) is 1. The first-order valence-electron chi connectivity index (χ1n) is 7.24. The number of halogens is 3. The van der Waals surface area contributed by atoms with E-state index in [-0.39, 0.29) is 16.7 Å². The van der Waals surface area contributed by atoms with Gasteiger partial charge in [0.1, 0.15) is 11.3 Å². The zero-order valence-corrected chi connectivity index (χ0v) is 13.0. The molecular weight excluding hydrogens is 335 g/mol. The summed E-state index contributed by atoms with van der Waals surface area (Å²) in [6.07, 6.45) is -4.13. The molecule has 2 aromatic carbocycles. The second-order valence-corrected chi connectivity index (χ2v) is 5.42. The summed E-state index contributed by atoms with van der Waals surface area (Å²) in [5, 5.41) is 8.73. The fourth-order valence-corrected chi connectivity index (χ4v) is 2.48. The van der Waals surface area contributed by atoms with E-state index in [2.05, 4.69) is 4.98 Å². The van der Waals surface area contributed by atoms with Gasteiger partial charge in [-0.05, 0) is 25.1 Å². The molecule has 3 aromatic rings. The molecule has 1 heterocycles. The molecule has 3 rings (SSSR count). The molecule has 0 radical (unpaired) electrons. The average Bonchev–Trinajstić information content (AvgIpc) is 2.55. The first kappa shape index (κ1) is 16.8. The van der Waals surface area contributed by atoms with E-state index in [9.17, 15) is 18.0 Å². The van der Waals surface area contributed by atoms with Gasteiger partial charge in [0.05, 0.1) is 11.1 Å². The molecule has 0 aliphatic heterocycles. The van der Waals surface area contributed by atoms with Crippen molar-refractivity contribution in [3.8, 4) is 11.5 Å². The van der Waals surface area contributed by atoms with E-state index in [1.54, 1.807) is 24.3 Å². The normalized spacial score (nSPS) is 11.5. The number of aryl methyl sites for hydroxylation is 1. The lowest BCUT2D eigenvalue weighted by Crippen LogP contribution is -2.14. The van der Waals surface area contributed by atoms with Crippen molar-refractivity contribution in [2.24, 2.45) is 0 Å². The first-order valence-corrected chi connectivity index (χ1v) is 7.24. The number of pyridine rings is 1. The smallest absolute Gasteiger partial charge is 0.417 e. The molecule has 25 heavy (non-hydrogen) atoms. The predicted molar refractivity (Wildman–Crippen MR) is 85.0 cm³/mol. The molecular formula is C18H12F3NO3. The van der Waals surface area contributed by atoms with Crippen LogP contribution in [0.1, 0.15) is 21.5 Å². The second kappa shape index (κ2) is 6.08. The Morgan fingerprint density at radius 1 is 1.12 bits per heavy atom. The van der Waals surface area contributed by atoms with Gasteiger partial charge in [0, 0.05) is 11.6 Å².